The predicted molar refractivity (Wildman–Crippen MR) is 77.5 cm³/mol. The Morgan fingerprint density at radius 3 is 2.52 bits per heavy atom. The Morgan fingerprint density at radius 1 is 1.14 bits per heavy atom. The lowest BCUT2D eigenvalue weighted by molar-refractivity contribution is -0.115. The first-order chi connectivity index (χ1) is 10.1. The van der Waals surface area contributed by atoms with E-state index >= 15 is 0 Å². The largest absolute Gasteiger partial charge is 0.325 e. The third-order valence-electron chi connectivity index (χ3n) is 2.73. The molecule has 0 bridgehead atoms. The number of nitrogens with zero attached hydrogens (tertiary/aromatic N) is 1. The quantitative estimate of drug-likeness (QED) is 0.908. The highest BCUT2D eigenvalue weighted by Crippen LogP contribution is 2.13. The van der Waals surface area contributed by atoms with Crippen LogP contribution in [0, 0.1) is 5.82 Å². The van der Waals surface area contributed by atoms with E-state index in [0.29, 0.717) is 12.1 Å². The number of halogens is 1. The van der Waals surface area contributed by atoms with Gasteiger partial charge in [0, 0.05) is 6.42 Å². The Bertz CT molecular complexity index is 656. The zero-order valence-electron chi connectivity index (χ0n) is 11.4. The van der Waals surface area contributed by atoms with Crippen molar-refractivity contribution in [2.75, 3.05) is 10.6 Å². The van der Waals surface area contributed by atoms with Crippen LogP contribution in [0.4, 0.5) is 15.9 Å². The smallest absolute Gasteiger partial charge is 0.259 e. The Balaban J connectivity index is 2.05. The van der Waals surface area contributed by atoms with Gasteiger partial charge in [-0.2, -0.15) is 0 Å². The number of hydrogen-bond acceptors (Lipinski definition) is 3. The normalized spacial score (nSPS) is 10.0. The topological polar surface area (TPSA) is 71.1 Å². The number of carbonyl (C=O) groups excluding carboxylic acids is 2. The van der Waals surface area contributed by atoms with Crippen molar-refractivity contribution in [3.8, 4) is 0 Å². The van der Waals surface area contributed by atoms with E-state index in [1.54, 1.807) is 19.1 Å². The summed E-state index contributed by atoms with van der Waals surface area (Å²) in [5, 5.41) is 5.13. The fourth-order valence-corrected chi connectivity index (χ4v) is 1.62. The van der Waals surface area contributed by atoms with Crippen LogP contribution in [0.5, 0.6) is 0 Å². The molecule has 108 valence electrons. The van der Waals surface area contributed by atoms with E-state index in [4.69, 9.17) is 0 Å². The molecule has 2 aromatic rings. The van der Waals surface area contributed by atoms with Crippen LogP contribution in [-0.4, -0.2) is 16.8 Å². The molecule has 5 nitrogen and oxygen atoms in total. The summed E-state index contributed by atoms with van der Waals surface area (Å²) in [6.07, 6.45) is 1.79. The van der Waals surface area contributed by atoms with Gasteiger partial charge >= 0.3 is 0 Å². The Labute approximate surface area is 121 Å². The summed E-state index contributed by atoms with van der Waals surface area (Å²) in [5.41, 5.74) is 0.480. The van der Waals surface area contributed by atoms with E-state index < -0.39 is 11.7 Å². The van der Waals surface area contributed by atoms with Crippen molar-refractivity contribution in [3.05, 3.63) is 54.0 Å². The van der Waals surface area contributed by atoms with Crippen LogP contribution in [-0.2, 0) is 4.79 Å². The molecule has 0 unspecified atom stereocenters. The van der Waals surface area contributed by atoms with Crippen LogP contribution in [0.1, 0.15) is 23.7 Å². The minimum absolute atomic E-state index is 0.0531. The van der Waals surface area contributed by atoms with Gasteiger partial charge in [0.2, 0.25) is 5.91 Å². The van der Waals surface area contributed by atoms with Gasteiger partial charge < -0.3 is 10.6 Å². The van der Waals surface area contributed by atoms with E-state index in [1.807, 2.05) is 0 Å². The number of pyridine rings is 1. The first kappa shape index (κ1) is 14.6. The van der Waals surface area contributed by atoms with Crippen LogP contribution in [0.25, 0.3) is 0 Å². The maximum Gasteiger partial charge on any atom is 0.259 e. The molecular weight excluding hydrogens is 273 g/mol. The third-order valence-corrected chi connectivity index (χ3v) is 2.73. The van der Waals surface area contributed by atoms with Gasteiger partial charge in [-0.05, 0) is 24.3 Å². The molecule has 2 rings (SSSR count). The SMILES string of the molecule is CCC(=O)Nc1ccc(NC(=O)c2ccccc2F)nc1. The van der Waals surface area contributed by atoms with E-state index in [2.05, 4.69) is 15.6 Å². The maximum atomic E-state index is 13.5. The van der Waals surface area contributed by atoms with Crippen molar-refractivity contribution in [2.45, 2.75) is 13.3 Å². The molecule has 0 fully saturated rings. The molecule has 21 heavy (non-hydrogen) atoms. The average molecular weight is 287 g/mol. The standard InChI is InChI=1S/C15H14FN3O2/c1-2-14(20)18-10-7-8-13(17-9-10)19-15(21)11-5-3-4-6-12(11)16/h3-9H,2H2,1H3,(H,18,20)(H,17,19,21). The number of hydrogen-bond donors (Lipinski definition) is 2. The zero-order valence-corrected chi connectivity index (χ0v) is 11.4. The van der Waals surface area contributed by atoms with Gasteiger partial charge in [0.25, 0.3) is 5.91 Å². The lowest BCUT2D eigenvalue weighted by Crippen LogP contribution is -2.15. The zero-order chi connectivity index (χ0) is 15.2. The van der Waals surface area contributed by atoms with Crippen LogP contribution in [0.2, 0.25) is 0 Å². The van der Waals surface area contributed by atoms with Crippen molar-refractivity contribution in [1.82, 2.24) is 4.98 Å². The maximum absolute atomic E-state index is 13.5. The van der Waals surface area contributed by atoms with Crippen LogP contribution >= 0.6 is 0 Å². The minimum Gasteiger partial charge on any atom is -0.325 e. The molecule has 0 aliphatic heterocycles. The van der Waals surface area contributed by atoms with E-state index in [0.717, 1.165) is 0 Å². The predicted octanol–water partition coefficient (Wildman–Crippen LogP) is 2.82. The molecular formula is C15H14FN3O2. The van der Waals surface area contributed by atoms with Crippen molar-refractivity contribution < 1.29 is 14.0 Å². The number of nitrogens with one attached hydrogen (secondary N) is 2. The number of benzene rings is 1. The van der Waals surface area contributed by atoms with Gasteiger partial charge in [0.1, 0.15) is 11.6 Å². The van der Waals surface area contributed by atoms with Gasteiger partial charge in [-0.1, -0.05) is 19.1 Å². The van der Waals surface area contributed by atoms with Crippen molar-refractivity contribution in [2.24, 2.45) is 0 Å². The molecule has 0 aliphatic carbocycles. The Morgan fingerprint density at radius 2 is 1.90 bits per heavy atom. The molecule has 0 saturated heterocycles. The number of aromatic nitrogens is 1. The second-order valence-corrected chi connectivity index (χ2v) is 4.27. The summed E-state index contributed by atoms with van der Waals surface area (Å²) >= 11 is 0. The van der Waals surface area contributed by atoms with Gasteiger partial charge in [-0.15, -0.1) is 0 Å². The van der Waals surface area contributed by atoms with Crippen molar-refractivity contribution in [3.63, 3.8) is 0 Å². The molecule has 0 atom stereocenters. The number of amides is 2. The van der Waals surface area contributed by atoms with Crippen molar-refractivity contribution >= 4 is 23.3 Å². The second-order valence-electron chi connectivity index (χ2n) is 4.27. The first-order valence-corrected chi connectivity index (χ1v) is 6.42. The van der Waals surface area contributed by atoms with Gasteiger partial charge in [-0.25, -0.2) is 9.37 Å². The molecule has 0 aliphatic rings. The van der Waals surface area contributed by atoms with E-state index in [-0.39, 0.29) is 17.3 Å². The summed E-state index contributed by atoms with van der Waals surface area (Å²) in [5.74, 6) is -1.02. The second kappa shape index (κ2) is 6.60. The summed E-state index contributed by atoms with van der Waals surface area (Å²) in [7, 11) is 0. The highest BCUT2D eigenvalue weighted by atomic mass is 19.1. The number of rotatable bonds is 4. The van der Waals surface area contributed by atoms with Crippen LogP contribution in [0.3, 0.4) is 0 Å². The number of anilines is 2. The van der Waals surface area contributed by atoms with Gasteiger partial charge in [0.15, 0.2) is 0 Å². The van der Waals surface area contributed by atoms with Gasteiger partial charge in [0.05, 0.1) is 17.4 Å². The third kappa shape index (κ3) is 3.85. The summed E-state index contributed by atoms with van der Waals surface area (Å²) in [4.78, 5) is 27.1. The molecule has 0 spiro atoms. The molecule has 1 aromatic heterocycles. The van der Waals surface area contributed by atoms with Crippen LogP contribution < -0.4 is 10.6 Å². The van der Waals surface area contributed by atoms with E-state index in [1.165, 1.54) is 30.5 Å². The van der Waals surface area contributed by atoms with Crippen molar-refractivity contribution in [1.29, 1.82) is 0 Å². The molecule has 1 heterocycles. The summed E-state index contributed by atoms with van der Waals surface area (Å²) in [6, 6.07) is 8.83. The molecule has 2 amide bonds. The van der Waals surface area contributed by atoms with E-state index in [9.17, 15) is 14.0 Å². The highest BCUT2D eigenvalue weighted by Gasteiger charge is 2.11. The fourth-order valence-electron chi connectivity index (χ4n) is 1.62. The first-order valence-electron chi connectivity index (χ1n) is 6.42. The molecule has 2 N–H and O–H groups in total. The molecule has 0 saturated carbocycles. The number of carbonyl (C=O) groups is 2. The average Bonchev–Trinajstić information content (AvgIpc) is 2.49. The van der Waals surface area contributed by atoms with Gasteiger partial charge in [-0.3, -0.25) is 9.59 Å². The Hall–Kier alpha value is -2.76. The molecule has 0 radical (unpaired) electrons. The molecule has 1 aromatic carbocycles. The lowest BCUT2D eigenvalue weighted by Gasteiger charge is -2.07. The minimum atomic E-state index is -0.596. The molecule has 6 heteroatoms. The van der Waals surface area contributed by atoms with Crippen LogP contribution in [0.15, 0.2) is 42.6 Å². The highest BCUT2D eigenvalue weighted by molar-refractivity contribution is 6.04. The fraction of sp³-hybridized carbons (Fsp3) is 0.133. The monoisotopic (exact) mass is 287 g/mol. The summed E-state index contributed by atoms with van der Waals surface area (Å²) in [6.45, 7) is 1.74. The lowest BCUT2D eigenvalue weighted by atomic mass is 10.2. The summed E-state index contributed by atoms with van der Waals surface area (Å²) < 4.78 is 13.5. The Kier molecular flexibility index (Phi) is 4.61.